The van der Waals surface area contributed by atoms with Gasteiger partial charge in [-0.05, 0) is 75.0 Å². The molecule has 0 saturated heterocycles. The van der Waals surface area contributed by atoms with Crippen molar-refractivity contribution in [3.8, 4) is 5.69 Å². The minimum absolute atomic E-state index is 0.117. The SMILES string of the molecule is CC(C)n1c(=O)c2cnc(Nc3ccc4c(c3)CNCC4)nc2n1-c1ccnc(C2(CF)CC2)c1. The molecule has 2 aliphatic rings. The molecule has 1 aliphatic heterocycles. The molecule has 3 aromatic heterocycles. The van der Waals surface area contributed by atoms with E-state index in [4.69, 9.17) is 4.98 Å². The number of pyridine rings is 1. The van der Waals surface area contributed by atoms with Crippen LogP contribution in [0.4, 0.5) is 16.0 Å². The summed E-state index contributed by atoms with van der Waals surface area (Å²) in [6.45, 7) is 5.31. The van der Waals surface area contributed by atoms with E-state index in [9.17, 15) is 9.18 Å². The van der Waals surface area contributed by atoms with Crippen LogP contribution in [0, 0.1) is 0 Å². The Kier molecular flexibility index (Phi) is 5.17. The molecule has 0 spiro atoms. The van der Waals surface area contributed by atoms with E-state index >= 15 is 0 Å². The zero-order valence-corrected chi connectivity index (χ0v) is 19.9. The lowest BCUT2D eigenvalue weighted by atomic mass is 10.0. The van der Waals surface area contributed by atoms with E-state index < -0.39 is 12.1 Å². The molecule has 1 aromatic carbocycles. The van der Waals surface area contributed by atoms with Gasteiger partial charge in [-0.15, -0.1) is 0 Å². The lowest BCUT2D eigenvalue weighted by molar-refractivity contribution is 0.411. The summed E-state index contributed by atoms with van der Waals surface area (Å²) >= 11 is 0. The van der Waals surface area contributed by atoms with Crippen molar-refractivity contribution in [2.24, 2.45) is 0 Å². The fourth-order valence-corrected chi connectivity index (χ4v) is 4.91. The van der Waals surface area contributed by atoms with E-state index in [2.05, 4.69) is 32.7 Å². The van der Waals surface area contributed by atoms with Gasteiger partial charge in [0, 0.05) is 36.1 Å². The number of rotatable bonds is 6. The van der Waals surface area contributed by atoms with Crippen molar-refractivity contribution in [2.45, 2.75) is 51.1 Å². The summed E-state index contributed by atoms with van der Waals surface area (Å²) in [4.78, 5) is 26.9. The standard InChI is InChI=1S/C26H28FN7O/c1-16(2)33-24(35)21-14-30-25(31-19-4-3-17-5-9-28-13-18(17)11-19)32-23(21)34(33)20-6-10-29-22(12-20)26(15-27)7-8-26/h3-4,6,10-12,14,16,28H,5,7-9,13,15H2,1-2H3,(H,30,31,32). The summed E-state index contributed by atoms with van der Waals surface area (Å²) in [7, 11) is 0. The molecule has 6 rings (SSSR count). The summed E-state index contributed by atoms with van der Waals surface area (Å²) in [5.41, 5.74) is 4.81. The largest absolute Gasteiger partial charge is 0.324 e. The molecule has 1 aliphatic carbocycles. The Labute approximate surface area is 202 Å². The molecule has 35 heavy (non-hydrogen) atoms. The molecule has 0 radical (unpaired) electrons. The van der Waals surface area contributed by atoms with Gasteiger partial charge in [0.05, 0.1) is 11.4 Å². The van der Waals surface area contributed by atoms with Crippen molar-refractivity contribution in [1.82, 2.24) is 29.6 Å². The van der Waals surface area contributed by atoms with E-state index in [1.54, 1.807) is 17.1 Å². The maximum Gasteiger partial charge on any atom is 0.278 e. The summed E-state index contributed by atoms with van der Waals surface area (Å²) in [6.07, 6.45) is 5.85. The Morgan fingerprint density at radius 1 is 1.17 bits per heavy atom. The van der Waals surface area contributed by atoms with Crippen molar-refractivity contribution < 1.29 is 4.39 Å². The molecule has 9 heteroatoms. The molecule has 8 nitrogen and oxygen atoms in total. The van der Waals surface area contributed by atoms with E-state index in [0.717, 1.165) is 49.4 Å². The molecule has 4 aromatic rings. The Morgan fingerprint density at radius 2 is 2.03 bits per heavy atom. The van der Waals surface area contributed by atoms with Crippen LogP contribution < -0.4 is 16.2 Å². The summed E-state index contributed by atoms with van der Waals surface area (Å²) in [5, 5.41) is 7.13. The molecule has 1 saturated carbocycles. The number of hydrogen-bond acceptors (Lipinski definition) is 6. The Morgan fingerprint density at radius 3 is 2.80 bits per heavy atom. The van der Waals surface area contributed by atoms with Crippen LogP contribution >= 0.6 is 0 Å². The maximum absolute atomic E-state index is 13.7. The number of halogens is 1. The highest BCUT2D eigenvalue weighted by Gasteiger charge is 2.46. The number of alkyl halides is 1. The third-order valence-corrected chi connectivity index (χ3v) is 7.10. The number of fused-ring (bicyclic) bond motifs is 2. The normalized spacial score (nSPS) is 16.5. The first-order chi connectivity index (χ1) is 17.0. The fourth-order valence-electron chi connectivity index (χ4n) is 4.91. The van der Waals surface area contributed by atoms with Crippen LogP contribution in [0.5, 0.6) is 0 Å². The second-order valence-electron chi connectivity index (χ2n) is 9.83. The van der Waals surface area contributed by atoms with Gasteiger partial charge in [-0.25, -0.2) is 14.3 Å². The van der Waals surface area contributed by atoms with Crippen molar-refractivity contribution in [3.05, 3.63) is 69.9 Å². The molecule has 0 atom stereocenters. The molecular formula is C26H28FN7O. The highest BCUT2D eigenvalue weighted by atomic mass is 19.1. The zero-order valence-electron chi connectivity index (χ0n) is 19.9. The monoisotopic (exact) mass is 473 g/mol. The van der Waals surface area contributed by atoms with Crippen molar-refractivity contribution in [1.29, 1.82) is 0 Å². The second-order valence-corrected chi connectivity index (χ2v) is 9.83. The highest BCUT2D eigenvalue weighted by Crippen LogP contribution is 2.47. The van der Waals surface area contributed by atoms with Gasteiger partial charge < -0.3 is 10.6 Å². The predicted molar refractivity (Wildman–Crippen MR) is 133 cm³/mol. The summed E-state index contributed by atoms with van der Waals surface area (Å²) < 4.78 is 17.2. The third kappa shape index (κ3) is 3.70. The lowest BCUT2D eigenvalue weighted by Gasteiger charge is -2.18. The number of anilines is 2. The van der Waals surface area contributed by atoms with Gasteiger partial charge in [0.2, 0.25) is 5.95 Å². The quantitative estimate of drug-likeness (QED) is 0.441. The molecule has 2 N–H and O–H groups in total. The average molecular weight is 474 g/mol. The van der Waals surface area contributed by atoms with Gasteiger partial charge in [0.1, 0.15) is 12.1 Å². The van der Waals surface area contributed by atoms with Crippen LogP contribution in [0.1, 0.15) is 49.6 Å². The lowest BCUT2D eigenvalue weighted by Crippen LogP contribution is -2.24. The topological polar surface area (TPSA) is 89.7 Å². The van der Waals surface area contributed by atoms with E-state index in [1.807, 2.05) is 36.7 Å². The van der Waals surface area contributed by atoms with Gasteiger partial charge in [-0.3, -0.25) is 14.2 Å². The third-order valence-electron chi connectivity index (χ3n) is 7.10. The van der Waals surface area contributed by atoms with E-state index in [1.165, 1.54) is 11.1 Å². The molecule has 0 amide bonds. The van der Waals surface area contributed by atoms with Crippen LogP contribution in [0.25, 0.3) is 16.7 Å². The summed E-state index contributed by atoms with van der Waals surface area (Å²) in [5.74, 6) is 0.410. The number of benzene rings is 1. The van der Waals surface area contributed by atoms with Gasteiger partial charge in [-0.2, -0.15) is 4.98 Å². The minimum atomic E-state index is -0.495. The van der Waals surface area contributed by atoms with Gasteiger partial charge in [0.15, 0.2) is 5.65 Å². The van der Waals surface area contributed by atoms with E-state index in [0.29, 0.717) is 17.0 Å². The Bertz CT molecular complexity index is 1490. The average Bonchev–Trinajstić information content (AvgIpc) is 3.62. The van der Waals surface area contributed by atoms with Crippen LogP contribution in [-0.2, 0) is 18.4 Å². The van der Waals surface area contributed by atoms with Crippen molar-refractivity contribution >= 4 is 22.7 Å². The first kappa shape index (κ1) is 21.9. The van der Waals surface area contributed by atoms with Crippen LogP contribution in [-0.4, -0.2) is 37.5 Å². The number of nitrogens with zero attached hydrogens (tertiary/aromatic N) is 5. The molecule has 0 unspecified atom stereocenters. The van der Waals surface area contributed by atoms with Gasteiger partial charge in [-0.1, -0.05) is 6.07 Å². The number of nitrogens with one attached hydrogen (secondary N) is 2. The van der Waals surface area contributed by atoms with E-state index in [-0.39, 0.29) is 11.6 Å². The zero-order chi connectivity index (χ0) is 24.2. The fraction of sp³-hybridized carbons (Fsp3) is 0.385. The molecule has 180 valence electrons. The van der Waals surface area contributed by atoms with Crippen LogP contribution in [0.3, 0.4) is 0 Å². The second kappa shape index (κ2) is 8.27. The van der Waals surface area contributed by atoms with Crippen LogP contribution in [0.2, 0.25) is 0 Å². The summed E-state index contributed by atoms with van der Waals surface area (Å²) in [6, 6.07) is 9.89. The Hall–Kier alpha value is -3.59. The predicted octanol–water partition coefficient (Wildman–Crippen LogP) is 3.95. The smallest absolute Gasteiger partial charge is 0.278 e. The maximum atomic E-state index is 13.7. The van der Waals surface area contributed by atoms with Crippen molar-refractivity contribution in [3.63, 3.8) is 0 Å². The first-order valence-electron chi connectivity index (χ1n) is 12.1. The molecule has 0 bridgehead atoms. The molecule has 1 fully saturated rings. The number of aromatic nitrogens is 5. The molecular weight excluding hydrogens is 445 g/mol. The van der Waals surface area contributed by atoms with Gasteiger partial charge >= 0.3 is 0 Å². The molecule has 4 heterocycles. The highest BCUT2D eigenvalue weighted by molar-refractivity contribution is 5.77. The van der Waals surface area contributed by atoms with Crippen molar-refractivity contribution in [2.75, 3.05) is 18.5 Å². The van der Waals surface area contributed by atoms with Gasteiger partial charge in [0.25, 0.3) is 5.56 Å². The van der Waals surface area contributed by atoms with Crippen LogP contribution in [0.15, 0.2) is 47.5 Å². The first-order valence-corrected chi connectivity index (χ1v) is 12.1. The Balaban J connectivity index is 1.45. The minimum Gasteiger partial charge on any atom is -0.324 e. The number of hydrogen-bond donors (Lipinski definition) is 2.